The van der Waals surface area contributed by atoms with E-state index in [2.05, 4.69) is 5.32 Å². The molecule has 2 aromatic rings. The summed E-state index contributed by atoms with van der Waals surface area (Å²) < 4.78 is 5.43. The molecule has 0 atom stereocenters. The Bertz CT molecular complexity index is 845. The number of anilines is 1. The third-order valence-corrected chi connectivity index (χ3v) is 3.73. The molecule has 3 rings (SSSR count). The highest BCUT2D eigenvalue weighted by Gasteiger charge is 2.32. The number of imide groups is 1. The molecule has 1 aliphatic rings. The Labute approximate surface area is 139 Å². The first-order valence-electron chi connectivity index (χ1n) is 7.41. The number of aryl methyl sites for hydroxylation is 1. The molecule has 1 N–H and O–H groups in total. The first kappa shape index (κ1) is 15.7. The van der Waals surface area contributed by atoms with Crippen molar-refractivity contribution in [3.05, 3.63) is 59.2 Å². The summed E-state index contributed by atoms with van der Waals surface area (Å²) in [5.41, 5.74) is 2.12. The fourth-order valence-corrected chi connectivity index (χ4v) is 2.49. The number of nitrogens with one attached hydrogen (secondary N) is 1. The van der Waals surface area contributed by atoms with E-state index < -0.39 is 0 Å². The Morgan fingerprint density at radius 2 is 1.83 bits per heavy atom. The highest BCUT2D eigenvalue weighted by molar-refractivity contribution is 6.21. The van der Waals surface area contributed by atoms with Crippen molar-refractivity contribution in [1.82, 2.24) is 4.90 Å². The maximum atomic E-state index is 12.0. The average Bonchev–Trinajstić information content (AvgIpc) is 2.77. The molecule has 24 heavy (non-hydrogen) atoms. The SMILES string of the molecule is Cc1cccc(OCC(=O)Nc2ccc3c(c2)C(=O)N(C)C3=O)c1. The van der Waals surface area contributed by atoms with Crippen LogP contribution in [0, 0.1) is 6.92 Å². The topological polar surface area (TPSA) is 75.7 Å². The summed E-state index contributed by atoms with van der Waals surface area (Å²) in [5.74, 6) is -0.444. The second kappa shape index (κ2) is 6.16. The number of carbonyl (C=O) groups excluding carboxylic acids is 3. The molecule has 1 aliphatic heterocycles. The Hall–Kier alpha value is -3.15. The number of carbonyl (C=O) groups is 3. The van der Waals surface area contributed by atoms with Crippen molar-refractivity contribution >= 4 is 23.4 Å². The molecule has 3 amide bonds. The monoisotopic (exact) mass is 324 g/mol. The number of rotatable bonds is 4. The molecule has 1 heterocycles. The first-order valence-corrected chi connectivity index (χ1v) is 7.41. The average molecular weight is 324 g/mol. The Balaban J connectivity index is 1.65. The van der Waals surface area contributed by atoms with Crippen LogP contribution in [0.5, 0.6) is 5.75 Å². The van der Waals surface area contributed by atoms with Gasteiger partial charge in [-0.05, 0) is 42.8 Å². The van der Waals surface area contributed by atoms with E-state index in [1.165, 1.54) is 19.2 Å². The second-order valence-electron chi connectivity index (χ2n) is 5.58. The lowest BCUT2D eigenvalue weighted by molar-refractivity contribution is -0.118. The molecule has 0 fully saturated rings. The zero-order valence-corrected chi connectivity index (χ0v) is 13.3. The lowest BCUT2D eigenvalue weighted by atomic mass is 10.1. The molecule has 0 aromatic heterocycles. The van der Waals surface area contributed by atoms with Crippen molar-refractivity contribution < 1.29 is 19.1 Å². The van der Waals surface area contributed by atoms with Crippen LogP contribution in [-0.2, 0) is 4.79 Å². The van der Waals surface area contributed by atoms with E-state index in [-0.39, 0.29) is 24.3 Å². The van der Waals surface area contributed by atoms with Crippen LogP contribution in [0.4, 0.5) is 5.69 Å². The number of fused-ring (bicyclic) bond motifs is 1. The van der Waals surface area contributed by atoms with E-state index >= 15 is 0 Å². The van der Waals surface area contributed by atoms with Crippen LogP contribution in [0.1, 0.15) is 26.3 Å². The van der Waals surface area contributed by atoms with Gasteiger partial charge in [-0.3, -0.25) is 19.3 Å². The molecule has 0 bridgehead atoms. The van der Waals surface area contributed by atoms with Crippen LogP contribution in [-0.4, -0.2) is 36.3 Å². The van der Waals surface area contributed by atoms with Gasteiger partial charge in [-0.1, -0.05) is 12.1 Å². The third kappa shape index (κ3) is 2.99. The predicted molar refractivity (Wildman–Crippen MR) is 88.2 cm³/mol. The quantitative estimate of drug-likeness (QED) is 0.875. The summed E-state index contributed by atoms with van der Waals surface area (Å²) in [7, 11) is 1.43. The first-order chi connectivity index (χ1) is 11.5. The molecule has 0 aliphatic carbocycles. The van der Waals surface area contributed by atoms with Crippen molar-refractivity contribution in [2.75, 3.05) is 19.0 Å². The van der Waals surface area contributed by atoms with Crippen LogP contribution >= 0.6 is 0 Å². The summed E-state index contributed by atoms with van der Waals surface area (Å²) >= 11 is 0. The highest BCUT2D eigenvalue weighted by Crippen LogP contribution is 2.24. The van der Waals surface area contributed by atoms with Crippen molar-refractivity contribution in [3.63, 3.8) is 0 Å². The van der Waals surface area contributed by atoms with Crippen LogP contribution < -0.4 is 10.1 Å². The normalized spacial score (nSPS) is 13.0. The van der Waals surface area contributed by atoms with E-state index in [1.807, 2.05) is 25.1 Å². The van der Waals surface area contributed by atoms with Gasteiger partial charge < -0.3 is 10.1 Å². The molecule has 0 saturated carbocycles. The lowest BCUT2D eigenvalue weighted by Crippen LogP contribution is -2.24. The molecule has 2 aromatic carbocycles. The molecule has 0 radical (unpaired) electrons. The highest BCUT2D eigenvalue weighted by atomic mass is 16.5. The van der Waals surface area contributed by atoms with Gasteiger partial charge in [0.05, 0.1) is 11.1 Å². The summed E-state index contributed by atoms with van der Waals surface area (Å²) in [6, 6.07) is 12.0. The van der Waals surface area contributed by atoms with E-state index in [4.69, 9.17) is 4.74 Å². The third-order valence-electron chi connectivity index (χ3n) is 3.73. The molecular weight excluding hydrogens is 308 g/mol. The van der Waals surface area contributed by atoms with Gasteiger partial charge in [0, 0.05) is 12.7 Å². The number of ether oxygens (including phenoxy) is 1. The van der Waals surface area contributed by atoms with E-state index in [1.54, 1.807) is 12.1 Å². The fraction of sp³-hybridized carbons (Fsp3) is 0.167. The van der Waals surface area contributed by atoms with Crippen LogP contribution in [0.15, 0.2) is 42.5 Å². The zero-order chi connectivity index (χ0) is 17.3. The summed E-state index contributed by atoms with van der Waals surface area (Å²) in [6.45, 7) is 1.79. The van der Waals surface area contributed by atoms with Gasteiger partial charge in [0.15, 0.2) is 6.61 Å². The number of nitrogens with zero attached hydrogens (tertiary/aromatic N) is 1. The Kier molecular flexibility index (Phi) is 4.04. The van der Waals surface area contributed by atoms with Gasteiger partial charge in [-0.2, -0.15) is 0 Å². The molecule has 6 heteroatoms. The van der Waals surface area contributed by atoms with E-state index in [0.29, 0.717) is 22.6 Å². The minimum atomic E-state index is -0.373. The van der Waals surface area contributed by atoms with Crippen molar-refractivity contribution in [2.24, 2.45) is 0 Å². The molecule has 122 valence electrons. The number of amides is 3. The summed E-state index contributed by atoms with van der Waals surface area (Å²) in [4.78, 5) is 36.8. The predicted octanol–water partition coefficient (Wildman–Crippen LogP) is 2.24. The maximum Gasteiger partial charge on any atom is 0.262 e. The van der Waals surface area contributed by atoms with Crippen LogP contribution in [0.3, 0.4) is 0 Å². The van der Waals surface area contributed by atoms with Crippen molar-refractivity contribution in [2.45, 2.75) is 6.92 Å². The van der Waals surface area contributed by atoms with Crippen molar-refractivity contribution in [1.29, 1.82) is 0 Å². The Morgan fingerprint density at radius 1 is 1.08 bits per heavy atom. The minimum Gasteiger partial charge on any atom is -0.484 e. The molecule has 0 saturated heterocycles. The number of benzene rings is 2. The Morgan fingerprint density at radius 3 is 2.58 bits per heavy atom. The number of hydrogen-bond acceptors (Lipinski definition) is 4. The van der Waals surface area contributed by atoms with Crippen molar-refractivity contribution in [3.8, 4) is 5.75 Å². The minimum absolute atomic E-state index is 0.146. The zero-order valence-electron chi connectivity index (χ0n) is 13.3. The van der Waals surface area contributed by atoms with Crippen LogP contribution in [0.2, 0.25) is 0 Å². The molecular formula is C18H16N2O4. The smallest absolute Gasteiger partial charge is 0.262 e. The van der Waals surface area contributed by atoms with E-state index in [9.17, 15) is 14.4 Å². The number of hydrogen-bond donors (Lipinski definition) is 1. The second-order valence-corrected chi connectivity index (χ2v) is 5.58. The van der Waals surface area contributed by atoms with Gasteiger partial charge in [-0.25, -0.2) is 0 Å². The lowest BCUT2D eigenvalue weighted by Gasteiger charge is -2.08. The van der Waals surface area contributed by atoms with Gasteiger partial charge in [0.1, 0.15) is 5.75 Å². The van der Waals surface area contributed by atoms with E-state index in [0.717, 1.165) is 10.5 Å². The standard InChI is InChI=1S/C18H16N2O4/c1-11-4-3-5-13(8-11)24-10-16(21)19-12-6-7-14-15(9-12)18(23)20(2)17(14)22/h3-9H,10H2,1-2H3,(H,19,21). The van der Waals surface area contributed by atoms with Crippen LogP contribution in [0.25, 0.3) is 0 Å². The summed E-state index contributed by atoms with van der Waals surface area (Å²) in [6.07, 6.45) is 0. The molecule has 0 spiro atoms. The summed E-state index contributed by atoms with van der Waals surface area (Å²) in [5, 5.41) is 2.66. The molecule has 6 nitrogen and oxygen atoms in total. The van der Waals surface area contributed by atoms with Gasteiger partial charge in [-0.15, -0.1) is 0 Å². The van der Waals surface area contributed by atoms with Gasteiger partial charge in [0.25, 0.3) is 17.7 Å². The van der Waals surface area contributed by atoms with Gasteiger partial charge in [0.2, 0.25) is 0 Å². The van der Waals surface area contributed by atoms with Gasteiger partial charge >= 0.3 is 0 Å². The fourth-order valence-electron chi connectivity index (χ4n) is 2.49. The molecule has 0 unspecified atom stereocenters. The maximum absolute atomic E-state index is 12.0. The largest absolute Gasteiger partial charge is 0.484 e.